The molecule has 0 aliphatic carbocycles. The van der Waals surface area contributed by atoms with Crippen molar-refractivity contribution >= 4 is 11.9 Å². The average Bonchev–Trinajstić information content (AvgIpc) is 2.66. The minimum absolute atomic E-state index is 0.00161. The number of hydrogen-bond donors (Lipinski definition) is 3. The summed E-state index contributed by atoms with van der Waals surface area (Å²) < 4.78 is 0. The SMILES string of the molecule is CCNC(=NCC(C)(C)C(=O)NC)NCCC(C)N(C)Cc1ccccc1. The van der Waals surface area contributed by atoms with E-state index < -0.39 is 5.41 Å². The quantitative estimate of drug-likeness (QED) is 0.433. The summed E-state index contributed by atoms with van der Waals surface area (Å²) in [5.41, 5.74) is 0.798. The highest BCUT2D eigenvalue weighted by Gasteiger charge is 2.26. The fourth-order valence-corrected chi connectivity index (χ4v) is 2.68. The van der Waals surface area contributed by atoms with Gasteiger partial charge in [-0.3, -0.25) is 14.7 Å². The maximum atomic E-state index is 11.9. The molecular weight excluding hydrogens is 338 g/mol. The third-order valence-corrected chi connectivity index (χ3v) is 4.70. The smallest absolute Gasteiger partial charge is 0.227 e. The van der Waals surface area contributed by atoms with Gasteiger partial charge in [0.2, 0.25) is 5.91 Å². The van der Waals surface area contributed by atoms with Crippen LogP contribution in [0.3, 0.4) is 0 Å². The summed E-state index contributed by atoms with van der Waals surface area (Å²) in [5.74, 6) is 0.755. The van der Waals surface area contributed by atoms with Gasteiger partial charge in [-0.25, -0.2) is 0 Å². The maximum Gasteiger partial charge on any atom is 0.227 e. The van der Waals surface area contributed by atoms with E-state index in [1.54, 1.807) is 7.05 Å². The molecule has 6 heteroatoms. The highest BCUT2D eigenvalue weighted by Crippen LogP contribution is 2.15. The molecule has 1 unspecified atom stereocenters. The molecule has 0 spiro atoms. The Morgan fingerprint density at radius 2 is 1.89 bits per heavy atom. The van der Waals surface area contributed by atoms with Crippen LogP contribution in [0.25, 0.3) is 0 Å². The predicted molar refractivity (Wildman–Crippen MR) is 114 cm³/mol. The second-order valence-electron chi connectivity index (χ2n) is 7.62. The normalized spacial score (nSPS) is 13.4. The predicted octanol–water partition coefficient (Wildman–Crippen LogP) is 2.22. The minimum atomic E-state index is -0.527. The maximum absolute atomic E-state index is 11.9. The Labute approximate surface area is 164 Å². The number of nitrogens with one attached hydrogen (secondary N) is 3. The van der Waals surface area contributed by atoms with Gasteiger partial charge in [0, 0.05) is 32.7 Å². The molecule has 0 heterocycles. The van der Waals surface area contributed by atoms with E-state index >= 15 is 0 Å². The number of aliphatic imine (C=N–C) groups is 1. The van der Waals surface area contributed by atoms with E-state index in [0.29, 0.717) is 12.6 Å². The molecule has 1 aromatic carbocycles. The first-order chi connectivity index (χ1) is 12.8. The Morgan fingerprint density at radius 1 is 1.22 bits per heavy atom. The Kier molecular flexibility index (Phi) is 9.86. The average molecular weight is 376 g/mol. The largest absolute Gasteiger partial charge is 0.359 e. The first-order valence-corrected chi connectivity index (χ1v) is 9.78. The van der Waals surface area contributed by atoms with E-state index in [-0.39, 0.29) is 5.91 Å². The fourth-order valence-electron chi connectivity index (χ4n) is 2.68. The minimum Gasteiger partial charge on any atom is -0.359 e. The van der Waals surface area contributed by atoms with Crippen molar-refractivity contribution < 1.29 is 4.79 Å². The van der Waals surface area contributed by atoms with Gasteiger partial charge in [0.25, 0.3) is 0 Å². The number of benzene rings is 1. The summed E-state index contributed by atoms with van der Waals surface area (Å²) in [4.78, 5) is 18.8. The highest BCUT2D eigenvalue weighted by atomic mass is 16.2. The molecule has 0 fully saturated rings. The number of rotatable bonds is 10. The molecule has 3 N–H and O–H groups in total. The van der Waals surface area contributed by atoms with Gasteiger partial charge < -0.3 is 16.0 Å². The standard InChI is InChI=1S/C21H37N5O/c1-7-23-20(25-16-21(3,4)19(27)22-5)24-14-13-17(2)26(6)15-18-11-9-8-10-12-18/h8-12,17H,7,13-16H2,1-6H3,(H,22,27)(H2,23,24,25). The molecule has 1 amide bonds. The summed E-state index contributed by atoms with van der Waals surface area (Å²) >= 11 is 0. The lowest BCUT2D eigenvalue weighted by molar-refractivity contribution is -0.128. The van der Waals surface area contributed by atoms with Gasteiger partial charge in [0.15, 0.2) is 5.96 Å². The number of guanidine groups is 1. The summed E-state index contributed by atoms with van der Waals surface area (Å²) in [6.07, 6.45) is 1.01. The molecule has 0 bridgehead atoms. The van der Waals surface area contributed by atoms with Crippen LogP contribution in [0.2, 0.25) is 0 Å². The zero-order valence-electron chi connectivity index (χ0n) is 17.8. The van der Waals surface area contributed by atoms with Crippen LogP contribution in [0.4, 0.5) is 0 Å². The molecule has 0 saturated heterocycles. The molecular formula is C21H37N5O. The molecule has 1 aromatic rings. The van der Waals surface area contributed by atoms with Gasteiger partial charge in [-0.2, -0.15) is 0 Å². The van der Waals surface area contributed by atoms with Crippen LogP contribution in [0.1, 0.15) is 39.7 Å². The molecule has 6 nitrogen and oxygen atoms in total. The summed E-state index contributed by atoms with van der Waals surface area (Å²) in [6.45, 7) is 11.1. The zero-order valence-corrected chi connectivity index (χ0v) is 17.8. The number of carbonyl (C=O) groups excluding carboxylic acids is 1. The summed E-state index contributed by atoms with van der Waals surface area (Å²) in [7, 11) is 3.81. The van der Waals surface area contributed by atoms with E-state index in [4.69, 9.17) is 0 Å². The van der Waals surface area contributed by atoms with E-state index in [2.05, 4.69) is 64.1 Å². The van der Waals surface area contributed by atoms with Crippen LogP contribution in [-0.2, 0) is 11.3 Å². The zero-order chi connectivity index (χ0) is 20.3. The molecule has 0 aliphatic rings. The number of amides is 1. The second kappa shape index (κ2) is 11.6. The van der Waals surface area contributed by atoms with Crippen molar-refractivity contribution in [3.8, 4) is 0 Å². The third-order valence-electron chi connectivity index (χ3n) is 4.70. The van der Waals surface area contributed by atoms with Gasteiger partial charge >= 0.3 is 0 Å². The number of carbonyl (C=O) groups is 1. The van der Waals surface area contributed by atoms with Crippen molar-refractivity contribution in [3.63, 3.8) is 0 Å². The van der Waals surface area contributed by atoms with E-state index in [9.17, 15) is 4.79 Å². The van der Waals surface area contributed by atoms with Gasteiger partial charge in [-0.05, 0) is 46.7 Å². The monoisotopic (exact) mass is 375 g/mol. The summed E-state index contributed by atoms with van der Waals surface area (Å²) in [6, 6.07) is 11.0. The molecule has 27 heavy (non-hydrogen) atoms. The van der Waals surface area contributed by atoms with Crippen LogP contribution in [-0.4, -0.2) is 56.5 Å². The van der Waals surface area contributed by atoms with Crippen molar-refractivity contribution in [2.45, 2.75) is 46.7 Å². The van der Waals surface area contributed by atoms with E-state index in [1.165, 1.54) is 5.56 Å². The van der Waals surface area contributed by atoms with Crippen LogP contribution < -0.4 is 16.0 Å². The Hall–Kier alpha value is -2.08. The molecule has 152 valence electrons. The van der Waals surface area contributed by atoms with Crippen LogP contribution in [0.5, 0.6) is 0 Å². The lowest BCUT2D eigenvalue weighted by Gasteiger charge is -2.25. The van der Waals surface area contributed by atoms with Crippen molar-refractivity contribution in [2.24, 2.45) is 10.4 Å². The van der Waals surface area contributed by atoms with Crippen molar-refractivity contribution in [1.29, 1.82) is 0 Å². The lowest BCUT2D eigenvalue weighted by Crippen LogP contribution is -2.42. The molecule has 0 aliphatic heterocycles. The van der Waals surface area contributed by atoms with E-state index in [1.807, 2.05) is 26.8 Å². The number of hydrogen-bond acceptors (Lipinski definition) is 3. The third kappa shape index (κ3) is 8.43. The van der Waals surface area contributed by atoms with Crippen molar-refractivity contribution in [3.05, 3.63) is 35.9 Å². The van der Waals surface area contributed by atoms with E-state index in [0.717, 1.165) is 32.0 Å². The topological polar surface area (TPSA) is 68.8 Å². The molecule has 1 atom stereocenters. The lowest BCUT2D eigenvalue weighted by atomic mass is 9.93. The van der Waals surface area contributed by atoms with Crippen LogP contribution >= 0.6 is 0 Å². The molecule has 0 saturated carbocycles. The van der Waals surface area contributed by atoms with Gasteiger partial charge in [0.05, 0.1) is 12.0 Å². The second-order valence-corrected chi connectivity index (χ2v) is 7.62. The Balaban J connectivity index is 2.49. The van der Waals surface area contributed by atoms with Gasteiger partial charge in [-0.1, -0.05) is 30.3 Å². The first-order valence-electron chi connectivity index (χ1n) is 9.78. The Bertz CT molecular complexity index is 585. The molecule has 1 rings (SSSR count). The van der Waals surface area contributed by atoms with Gasteiger partial charge in [-0.15, -0.1) is 0 Å². The van der Waals surface area contributed by atoms with Gasteiger partial charge in [0.1, 0.15) is 0 Å². The molecule has 0 radical (unpaired) electrons. The van der Waals surface area contributed by atoms with Crippen molar-refractivity contribution in [1.82, 2.24) is 20.9 Å². The molecule has 0 aromatic heterocycles. The van der Waals surface area contributed by atoms with Crippen molar-refractivity contribution in [2.75, 3.05) is 33.7 Å². The van der Waals surface area contributed by atoms with Crippen LogP contribution in [0, 0.1) is 5.41 Å². The highest BCUT2D eigenvalue weighted by molar-refractivity contribution is 5.83. The Morgan fingerprint density at radius 3 is 2.48 bits per heavy atom. The fraction of sp³-hybridized carbons (Fsp3) is 0.619. The van der Waals surface area contributed by atoms with Crippen LogP contribution in [0.15, 0.2) is 35.3 Å². The summed E-state index contributed by atoms with van der Waals surface area (Å²) in [5, 5.41) is 9.33. The number of nitrogens with zero attached hydrogens (tertiary/aromatic N) is 2. The first kappa shape index (κ1) is 23.0.